The number of hydrogen-bond donors (Lipinski definition) is 2. The molecule has 0 saturated heterocycles. The quantitative estimate of drug-likeness (QED) is 0.553. The number of fused-ring (bicyclic) bond motifs is 1. The standard InChI is InChI=1S/C7H9N5S/c1-2-13-6-4-5(10-3-9-4)11-7(8)12-6/h3H,2H2,1H3,(H3,8,9,10,11,12). The highest BCUT2D eigenvalue weighted by atomic mass is 32.2. The van der Waals surface area contributed by atoms with E-state index >= 15 is 0 Å². The Kier molecular flexibility index (Phi) is 2.05. The molecule has 0 atom stereocenters. The highest BCUT2D eigenvalue weighted by molar-refractivity contribution is 7.99. The van der Waals surface area contributed by atoms with E-state index in [1.165, 1.54) is 0 Å². The molecule has 0 bridgehead atoms. The van der Waals surface area contributed by atoms with Crippen LogP contribution in [0.2, 0.25) is 0 Å². The summed E-state index contributed by atoms with van der Waals surface area (Å²) >= 11 is 1.61. The number of hydrogen-bond acceptors (Lipinski definition) is 5. The SMILES string of the molecule is CCSc1nc(N)nc2[nH]cnc12. The van der Waals surface area contributed by atoms with E-state index in [1.54, 1.807) is 18.1 Å². The van der Waals surface area contributed by atoms with Crippen molar-refractivity contribution in [1.29, 1.82) is 0 Å². The minimum absolute atomic E-state index is 0.285. The number of nitrogen functional groups attached to an aromatic ring is 1. The van der Waals surface area contributed by atoms with Crippen molar-refractivity contribution in [3.05, 3.63) is 6.33 Å². The highest BCUT2D eigenvalue weighted by Crippen LogP contribution is 2.22. The maximum absolute atomic E-state index is 5.53. The highest BCUT2D eigenvalue weighted by Gasteiger charge is 2.07. The average Bonchev–Trinajstić information content (AvgIpc) is 2.52. The van der Waals surface area contributed by atoms with Crippen LogP contribution in [0.25, 0.3) is 11.2 Å². The number of nitrogens with two attached hydrogens (primary N) is 1. The van der Waals surface area contributed by atoms with Gasteiger partial charge < -0.3 is 10.7 Å². The first-order chi connectivity index (χ1) is 6.31. The van der Waals surface area contributed by atoms with Gasteiger partial charge in [-0.15, -0.1) is 11.8 Å². The molecule has 3 N–H and O–H groups in total. The fraction of sp³-hybridized carbons (Fsp3) is 0.286. The Balaban J connectivity index is 2.63. The van der Waals surface area contributed by atoms with Crippen molar-refractivity contribution in [2.75, 3.05) is 11.5 Å². The molecule has 0 aliphatic rings. The molecule has 0 fully saturated rings. The number of aromatic nitrogens is 4. The van der Waals surface area contributed by atoms with E-state index in [9.17, 15) is 0 Å². The largest absolute Gasteiger partial charge is 0.368 e. The van der Waals surface area contributed by atoms with Crippen molar-refractivity contribution in [2.24, 2.45) is 0 Å². The summed E-state index contributed by atoms with van der Waals surface area (Å²) < 4.78 is 0. The Hall–Kier alpha value is -1.30. The van der Waals surface area contributed by atoms with Gasteiger partial charge in [-0.1, -0.05) is 6.92 Å². The van der Waals surface area contributed by atoms with Crippen LogP contribution in [0.5, 0.6) is 0 Å². The fourth-order valence-corrected chi connectivity index (χ4v) is 1.78. The van der Waals surface area contributed by atoms with Crippen molar-refractivity contribution in [1.82, 2.24) is 19.9 Å². The van der Waals surface area contributed by atoms with Gasteiger partial charge in [0, 0.05) is 0 Å². The monoisotopic (exact) mass is 195 g/mol. The Bertz CT molecular complexity index is 424. The van der Waals surface area contributed by atoms with Gasteiger partial charge in [0.25, 0.3) is 0 Å². The van der Waals surface area contributed by atoms with Crippen molar-refractivity contribution in [2.45, 2.75) is 11.9 Å². The van der Waals surface area contributed by atoms with Crippen LogP contribution in [0.15, 0.2) is 11.4 Å². The molecule has 6 heteroatoms. The third-order valence-electron chi connectivity index (χ3n) is 1.55. The lowest BCUT2D eigenvalue weighted by atomic mass is 10.5. The number of imidazole rings is 1. The second-order valence-electron chi connectivity index (χ2n) is 2.42. The molecule has 2 rings (SSSR count). The first kappa shape index (κ1) is 8.31. The molecular formula is C7H9N5S. The van der Waals surface area contributed by atoms with E-state index in [0.29, 0.717) is 5.65 Å². The average molecular weight is 195 g/mol. The molecule has 68 valence electrons. The van der Waals surface area contributed by atoms with E-state index in [1.807, 2.05) is 0 Å². The van der Waals surface area contributed by atoms with Crippen LogP contribution in [-0.2, 0) is 0 Å². The summed E-state index contributed by atoms with van der Waals surface area (Å²) in [5, 5.41) is 0.839. The summed E-state index contributed by atoms with van der Waals surface area (Å²) in [7, 11) is 0. The minimum Gasteiger partial charge on any atom is -0.368 e. The van der Waals surface area contributed by atoms with E-state index in [2.05, 4.69) is 26.9 Å². The van der Waals surface area contributed by atoms with Crippen LogP contribution >= 0.6 is 11.8 Å². The Labute approximate surface area is 79.2 Å². The Morgan fingerprint density at radius 1 is 1.54 bits per heavy atom. The molecule has 2 aromatic rings. The first-order valence-electron chi connectivity index (χ1n) is 3.90. The molecule has 0 radical (unpaired) electrons. The lowest BCUT2D eigenvalue weighted by molar-refractivity contribution is 1.10. The maximum Gasteiger partial charge on any atom is 0.223 e. The van der Waals surface area contributed by atoms with Crippen molar-refractivity contribution in [3.8, 4) is 0 Å². The van der Waals surface area contributed by atoms with Crippen molar-refractivity contribution in [3.63, 3.8) is 0 Å². The predicted octanol–water partition coefficient (Wildman–Crippen LogP) is 1.05. The summed E-state index contributed by atoms with van der Waals surface area (Å²) in [6, 6.07) is 0. The third-order valence-corrected chi connectivity index (χ3v) is 2.39. The van der Waals surface area contributed by atoms with Gasteiger partial charge in [-0.25, -0.2) is 9.97 Å². The molecule has 2 heterocycles. The number of rotatable bonds is 2. The number of H-pyrrole nitrogens is 1. The zero-order valence-corrected chi connectivity index (χ0v) is 7.93. The van der Waals surface area contributed by atoms with Crippen LogP contribution in [0.4, 0.5) is 5.95 Å². The number of anilines is 1. The van der Waals surface area contributed by atoms with E-state index < -0.39 is 0 Å². The zero-order chi connectivity index (χ0) is 9.26. The van der Waals surface area contributed by atoms with Gasteiger partial charge in [0.2, 0.25) is 5.95 Å². The minimum atomic E-state index is 0.285. The van der Waals surface area contributed by atoms with Gasteiger partial charge in [-0.2, -0.15) is 4.98 Å². The van der Waals surface area contributed by atoms with Crippen molar-refractivity contribution < 1.29 is 0 Å². The molecule has 2 aromatic heterocycles. The van der Waals surface area contributed by atoms with Gasteiger partial charge in [0.1, 0.15) is 10.5 Å². The Morgan fingerprint density at radius 3 is 3.15 bits per heavy atom. The molecule has 0 spiro atoms. The van der Waals surface area contributed by atoms with Crippen LogP contribution in [0.1, 0.15) is 6.92 Å². The van der Waals surface area contributed by atoms with E-state index in [4.69, 9.17) is 5.73 Å². The van der Waals surface area contributed by atoms with Crippen LogP contribution in [0, 0.1) is 0 Å². The second kappa shape index (κ2) is 3.21. The molecule has 5 nitrogen and oxygen atoms in total. The van der Waals surface area contributed by atoms with Crippen LogP contribution in [0.3, 0.4) is 0 Å². The van der Waals surface area contributed by atoms with Gasteiger partial charge >= 0.3 is 0 Å². The molecular weight excluding hydrogens is 186 g/mol. The third kappa shape index (κ3) is 1.44. The summed E-state index contributed by atoms with van der Waals surface area (Å²) in [6.45, 7) is 2.06. The summed E-state index contributed by atoms with van der Waals surface area (Å²) in [5.41, 5.74) is 7.02. The maximum atomic E-state index is 5.53. The lowest BCUT2D eigenvalue weighted by Gasteiger charge is -1.98. The first-order valence-corrected chi connectivity index (χ1v) is 4.89. The zero-order valence-electron chi connectivity index (χ0n) is 7.11. The number of aromatic amines is 1. The summed E-state index contributed by atoms with van der Waals surface area (Å²) in [4.78, 5) is 15.1. The van der Waals surface area contributed by atoms with Crippen LogP contribution < -0.4 is 5.73 Å². The fourth-order valence-electron chi connectivity index (χ4n) is 1.06. The second-order valence-corrected chi connectivity index (χ2v) is 3.67. The van der Waals surface area contributed by atoms with Gasteiger partial charge in [0.05, 0.1) is 6.33 Å². The van der Waals surface area contributed by atoms with E-state index in [0.717, 1.165) is 16.3 Å². The molecule has 13 heavy (non-hydrogen) atoms. The smallest absolute Gasteiger partial charge is 0.223 e. The van der Waals surface area contributed by atoms with Crippen LogP contribution in [-0.4, -0.2) is 25.7 Å². The number of nitrogens with zero attached hydrogens (tertiary/aromatic N) is 3. The summed E-state index contributed by atoms with van der Waals surface area (Å²) in [6.07, 6.45) is 1.60. The van der Waals surface area contributed by atoms with Crippen molar-refractivity contribution >= 4 is 28.9 Å². The van der Waals surface area contributed by atoms with Gasteiger partial charge in [-0.05, 0) is 5.75 Å². The predicted molar refractivity (Wildman–Crippen MR) is 52.5 cm³/mol. The normalized spacial score (nSPS) is 10.8. The molecule has 0 aromatic carbocycles. The Morgan fingerprint density at radius 2 is 2.38 bits per heavy atom. The van der Waals surface area contributed by atoms with Gasteiger partial charge in [0.15, 0.2) is 5.65 Å². The number of thioether (sulfide) groups is 1. The molecule has 0 amide bonds. The lowest BCUT2D eigenvalue weighted by Crippen LogP contribution is -1.96. The molecule has 0 aliphatic heterocycles. The topological polar surface area (TPSA) is 80.5 Å². The number of nitrogens with one attached hydrogen (secondary N) is 1. The van der Waals surface area contributed by atoms with Gasteiger partial charge in [-0.3, -0.25) is 0 Å². The molecule has 0 saturated carbocycles. The van der Waals surface area contributed by atoms with E-state index in [-0.39, 0.29) is 5.95 Å². The molecule has 0 unspecified atom stereocenters. The summed E-state index contributed by atoms with van der Waals surface area (Å²) in [5.74, 6) is 1.23. The molecule has 0 aliphatic carbocycles.